The molecule has 0 radical (unpaired) electrons. The number of imide groups is 1. The quantitative estimate of drug-likeness (QED) is 0.437. The lowest BCUT2D eigenvalue weighted by atomic mass is 10.1. The third kappa shape index (κ3) is 5.66. The van der Waals surface area contributed by atoms with Crippen LogP contribution in [0.15, 0.2) is 78.9 Å². The molecule has 0 aliphatic carbocycles. The van der Waals surface area contributed by atoms with Crippen LogP contribution in [0, 0.1) is 5.82 Å². The first-order chi connectivity index (χ1) is 17.0. The Kier molecular flexibility index (Phi) is 7.40. The first-order valence-electron chi connectivity index (χ1n) is 11.3. The van der Waals surface area contributed by atoms with E-state index in [9.17, 15) is 18.8 Å². The van der Waals surface area contributed by atoms with Crippen LogP contribution in [-0.2, 0) is 20.9 Å². The van der Waals surface area contributed by atoms with Gasteiger partial charge in [-0.3, -0.25) is 14.4 Å². The van der Waals surface area contributed by atoms with Gasteiger partial charge < -0.3 is 14.4 Å². The van der Waals surface area contributed by atoms with E-state index in [-0.39, 0.29) is 19.6 Å². The normalized spacial score (nSPS) is 15.3. The largest absolute Gasteiger partial charge is 0.494 e. The number of amides is 3. The molecule has 1 atom stereocenters. The lowest BCUT2D eigenvalue weighted by molar-refractivity contribution is -0.140. The number of hydrogen-bond acceptors (Lipinski definition) is 5. The maximum Gasteiger partial charge on any atom is 0.261 e. The fourth-order valence-corrected chi connectivity index (χ4v) is 3.89. The second kappa shape index (κ2) is 10.8. The molecule has 0 spiro atoms. The van der Waals surface area contributed by atoms with Crippen LogP contribution in [0.3, 0.4) is 0 Å². The van der Waals surface area contributed by atoms with Gasteiger partial charge in [-0.2, -0.15) is 0 Å². The van der Waals surface area contributed by atoms with Crippen LogP contribution in [0.5, 0.6) is 11.5 Å². The highest BCUT2D eigenvalue weighted by Crippen LogP contribution is 2.28. The summed E-state index contributed by atoms with van der Waals surface area (Å²) >= 11 is 0. The molecule has 0 N–H and O–H groups in total. The second-order valence-corrected chi connectivity index (χ2v) is 7.96. The van der Waals surface area contributed by atoms with Gasteiger partial charge >= 0.3 is 0 Å². The summed E-state index contributed by atoms with van der Waals surface area (Å²) in [7, 11) is 0. The maximum atomic E-state index is 13.4. The van der Waals surface area contributed by atoms with Gasteiger partial charge in [-0.15, -0.1) is 0 Å². The average Bonchev–Trinajstić information content (AvgIpc) is 3.17. The van der Waals surface area contributed by atoms with Crippen molar-refractivity contribution >= 4 is 23.4 Å². The van der Waals surface area contributed by atoms with Gasteiger partial charge in [0.25, 0.3) is 11.8 Å². The molecule has 3 aromatic rings. The van der Waals surface area contributed by atoms with Crippen molar-refractivity contribution in [1.29, 1.82) is 0 Å². The zero-order valence-corrected chi connectivity index (χ0v) is 19.2. The van der Waals surface area contributed by atoms with Gasteiger partial charge in [0.2, 0.25) is 5.91 Å². The van der Waals surface area contributed by atoms with E-state index >= 15 is 0 Å². The Hall–Kier alpha value is -4.20. The Morgan fingerprint density at radius 3 is 2.26 bits per heavy atom. The molecule has 4 rings (SSSR count). The van der Waals surface area contributed by atoms with Gasteiger partial charge in [0.15, 0.2) is 6.61 Å². The van der Waals surface area contributed by atoms with E-state index in [1.165, 1.54) is 17.0 Å². The van der Waals surface area contributed by atoms with Crippen molar-refractivity contribution in [3.8, 4) is 11.5 Å². The van der Waals surface area contributed by atoms with Crippen molar-refractivity contribution in [2.45, 2.75) is 25.9 Å². The van der Waals surface area contributed by atoms with Gasteiger partial charge in [-0.1, -0.05) is 30.3 Å². The molecule has 1 aliphatic heterocycles. The van der Waals surface area contributed by atoms with Crippen molar-refractivity contribution < 1.29 is 28.2 Å². The van der Waals surface area contributed by atoms with E-state index < -0.39 is 29.6 Å². The van der Waals surface area contributed by atoms with Crippen molar-refractivity contribution in [2.24, 2.45) is 0 Å². The molecule has 3 aromatic carbocycles. The lowest BCUT2D eigenvalue weighted by Gasteiger charge is -2.28. The number of ether oxygens (including phenoxy) is 2. The predicted molar refractivity (Wildman–Crippen MR) is 127 cm³/mol. The molecule has 180 valence electrons. The van der Waals surface area contributed by atoms with Crippen molar-refractivity contribution in [3.63, 3.8) is 0 Å². The van der Waals surface area contributed by atoms with E-state index in [1.54, 1.807) is 60.7 Å². The summed E-state index contributed by atoms with van der Waals surface area (Å²) in [5, 5.41) is 0. The first-order valence-corrected chi connectivity index (χ1v) is 11.3. The summed E-state index contributed by atoms with van der Waals surface area (Å²) in [5.74, 6) is -0.657. The Bertz CT molecular complexity index is 1180. The highest BCUT2D eigenvalue weighted by atomic mass is 19.1. The first kappa shape index (κ1) is 23.9. The van der Waals surface area contributed by atoms with Gasteiger partial charge in [0.05, 0.1) is 18.7 Å². The Labute approximate surface area is 202 Å². The molecule has 0 saturated carbocycles. The van der Waals surface area contributed by atoms with Crippen LogP contribution in [-0.4, -0.2) is 41.9 Å². The van der Waals surface area contributed by atoms with E-state index in [0.717, 1.165) is 4.90 Å². The molecule has 35 heavy (non-hydrogen) atoms. The number of rotatable bonds is 9. The molecule has 1 saturated heterocycles. The van der Waals surface area contributed by atoms with E-state index in [4.69, 9.17) is 9.47 Å². The monoisotopic (exact) mass is 476 g/mol. The third-order valence-electron chi connectivity index (χ3n) is 5.60. The summed E-state index contributed by atoms with van der Waals surface area (Å²) in [6.07, 6.45) is -0.162. The number of carbonyl (C=O) groups excluding carboxylic acids is 3. The standard InChI is InChI=1S/C27H25FN2O5/c1-2-34-23-14-12-21(13-15-23)30-25(31)16-24(27(30)33)29(17-19-8-10-20(28)11-9-19)26(32)18-35-22-6-4-3-5-7-22/h3-15,24H,2,16-18H2,1H3. The van der Waals surface area contributed by atoms with Gasteiger partial charge in [-0.05, 0) is 61.0 Å². The lowest BCUT2D eigenvalue weighted by Crippen LogP contribution is -2.46. The van der Waals surface area contributed by atoms with Crippen molar-refractivity contribution in [1.82, 2.24) is 4.90 Å². The van der Waals surface area contributed by atoms with Crippen LogP contribution in [0.25, 0.3) is 0 Å². The number of benzene rings is 3. The number of para-hydroxylation sites is 1. The zero-order valence-electron chi connectivity index (χ0n) is 19.2. The summed E-state index contributed by atoms with van der Waals surface area (Å²) in [4.78, 5) is 41.9. The Morgan fingerprint density at radius 1 is 0.943 bits per heavy atom. The second-order valence-electron chi connectivity index (χ2n) is 7.96. The summed E-state index contributed by atoms with van der Waals surface area (Å²) in [6, 6.07) is 20.1. The molecular formula is C27H25FN2O5. The fraction of sp³-hybridized carbons (Fsp3) is 0.222. The molecule has 1 heterocycles. The number of nitrogens with zero attached hydrogens (tertiary/aromatic N) is 2. The van der Waals surface area contributed by atoms with Crippen LogP contribution < -0.4 is 14.4 Å². The predicted octanol–water partition coefficient (Wildman–Crippen LogP) is 3.96. The number of hydrogen-bond donors (Lipinski definition) is 0. The molecule has 1 unspecified atom stereocenters. The Balaban J connectivity index is 1.56. The number of carbonyl (C=O) groups is 3. The Morgan fingerprint density at radius 2 is 1.60 bits per heavy atom. The average molecular weight is 477 g/mol. The number of anilines is 1. The summed E-state index contributed by atoms with van der Waals surface area (Å²) < 4.78 is 24.4. The maximum absolute atomic E-state index is 13.4. The molecule has 1 aliphatic rings. The van der Waals surface area contributed by atoms with E-state index in [0.29, 0.717) is 29.4 Å². The van der Waals surface area contributed by atoms with Gasteiger partial charge in [0.1, 0.15) is 23.4 Å². The summed E-state index contributed by atoms with van der Waals surface area (Å²) in [6.45, 7) is 2.07. The molecule has 7 nitrogen and oxygen atoms in total. The molecular weight excluding hydrogens is 451 g/mol. The highest BCUT2D eigenvalue weighted by molar-refractivity contribution is 6.23. The van der Waals surface area contributed by atoms with E-state index in [2.05, 4.69) is 0 Å². The van der Waals surface area contributed by atoms with Crippen LogP contribution in [0.4, 0.5) is 10.1 Å². The van der Waals surface area contributed by atoms with Crippen molar-refractivity contribution in [2.75, 3.05) is 18.1 Å². The number of halogens is 1. The molecule has 8 heteroatoms. The van der Waals surface area contributed by atoms with Crippen LogP contribution in [0.2, 0.25) is 0 Å². The third-order valence-corrected chi connectivity index (χ3v) is 5.60. The molecule has 3 amide bonds. The highest BCUT2D eigenvalue weighted by Gasteiger charge is 2.44. The van der Waals surface area contributed by atoms with Gasteiger partial charge in [-0.25, -0.2) is 9.29 Å². The molecule has 1 fully saturated rings. The summed E-state index contributed by atoms with van der Waals surface area (Å²) in [5.41, 5.74) is 1.03. The SMILES string of the molecule is CCOc1ccc(N2C(=O)CC(N(Cc3ccc(F)cc3)C(=O)COc3ccccc3)C2=O)cc1. The molecule has 0 aromatic heterocycles. The van der Waals surface area contributed by atoms with E-state index in [1.807, 2.05) is 13.0 Å². The minimum Gasteiger partial charge on any atom is -0.494 e. The van der Waals surface area contributed by atoms with Crippen LogP contribution >= 0.6 is 0 Å². The smallest absolute Gasteiger partial charge is 0.261 e. The van der Waals surface area contributed by atoms with Crippen LogP contribution in [0.1, 0.15) is 18.9 Å². The van der Waals surface area contributed by atoms with Crippen molar-refractivity contribution in [3.05, 3.63) is 90.2 Å². The zero-order chi connectivity index (χ0) is 24.8. The van der Waals surface area contributed by atoms with Gasteiger partial charge in [0, 0.05) is 6.54 Å². The molecule has 0 bridgehead atoms. The minimum atomic E-state index is -1.01. The fourth-order valence-electron chi connectivity index (χ4n) is 3.89. The topological polar surface area (TPSA) is 76.2 Å². The minimum absolute atomic E-state index is 0.0259.